The standard InChI is InChI=1S/C14H19BrO3/c1-14(2,3)8-10(13(16)17)9-18-12-7-5-4-6-11(12)15/h4-7,10H,8-9H2,1-3H3,(H,16,17). The Morgan fingerprint density at radius 2 is 2.00 bits per heavy atom. The molecule has 1 unspecified atom stereocenters. The first-order valence-electron chi connectivity index (χ1n) is 5.90. The molecule has 100 valence electrons. The Kier molecular flexibility index (Phi) is 5.20. The number of aliphatic carboxylic acids is 1. The van der Waals surface area contributed by atoms with E-state index in [2.05, 4.69) is 15.9 Å². The van der Waals surface area contributed by atoms with Crippen LogP contribution in [0.2, 0.25) is 0 Å². The number of halogens is 1. The van der Waals surface area contributed by atoms with Crippen molar-refractivity contribution in [1.82, 2.24) is 0 Å². The number of ether oxygens (including phenoxy) is 1. The summed E-state index contributed by atoms with van der Waals surface area (Å²) >= 11 is 3.37. The number of hydrogen-bond donors (Lipinski definition) is 1. The van der Waals surface area contributed by atoms with Gasteiger partial charge in [-0.05, 0) is 39.9 Å². The molecule has 1 N–H and O–H groups in total. The fourth-order valence-corrected chi connectivity index (χ4v) is 2.11. The third kappa shape index (κ3) is 5.08. The number of rotatable bonds is 5. The first-order chi connectivity index (χ1) is 8.29. The van der Waals surface area contributed by atoms with E-state index in [-0.39, 0.29) is 12.0 Å². The van der Waals surface area contributed by atoms with E-state index in [0.29, 0.717) is 12.2 Å². The molecule has 3 nitrogen and oxygen atoms in total. The summed E-state index contributed by atoms with van der Waals surface area (Å²) in [5.74, 6) is -0.619. The minimum absolute atomic E-state index is 0.0274. The topological polar surface area (TPSA) is 46.5 Å². The van der Waals surface area contributed by atoms with E-state index >= 15 is 0 Å². The van der Waals surface area contributed by atoms with Gasteiger partial charge in [0.2, 0.25) is 0 Å². The van der Waals surface area contributed by atoms with Gasteiger partial charge in [-0.15, -0.1) is 0 Å². The lowest BCUT2D eigenvalue weighted by Crippen LogP contribution is -2.26. The predicted molar refractivity (Wildman–Crippen MR) is 74.8 cm³/mol. The molecule has 1 aromatic rings. The van der Waals surface area contributed by atoms with Crippen molar-refractivity contribution in [2.45, 2.75) is 27.2 Å². The fourth-order valence-electron chi connectivity index (χ4n) is 1.71. The van der Waals surface area contributed by atoms with Crippen molar-refractivity contribution >= 4 is 21.9 Å². The number of hydrogen-bond acceptors (Lipinski definition) is 2. The third-order valence-corrected chi connectivity index (χ3v) is 3.14. The molecule has 0 aliphatic rings. The Morgan fingerprint density at radius 3 is 2.50 bits per heavy atom. The Labute approximate surface area is 116 Å². The minimum atomic E-state index is -0.808. The number of carboxylic acid groups (broad SMARTS) is 1. The highest BCUT2D eigenvalue weighted by Crippen LogP contribution is 2.28. The first-order valence-corrected chi connectivity index (χ1v) is 6.69. The molecule has 0 spiro atoms. The molecule has 18 heavy (non-hydrogen) atoms. The van der Waals surface area contributed by atoms with Gasteiger partial charge in [0, 0.05) is 0 Å². The maximum absolute atomic E-state index is 11.2. The van der Waals surface area contributed by atoms with Crippen LogP contribution in [0.3, 0.4) is 0 Å². The van der Waals surface area contributed by atoms with Crippen LogP contribution in [0.5, 0.6) is 5.75 Å². The zero-order valence-electron chi connectivity index (χ0n) is 10.9. The van der Waals surface area contributed by atoms with Crippen LogP contribution in [-0.2, 0) is 4.79 Å². The van der Waals surface area contributed by atoms with Gasteiger partial charge in [-0.2, -0.15) is 0 Å². The van der Waals surface area contributed by atoms with Crippen LogP contribution >= 0.6 is 15.9 Å². The van der Waals surface area contributed by atoms with Gasteiger partial charge in [0.05, 0.1) is 10.4 Å². The van der Waals surface area contributed by atoms with Crippen LogP contribution in [0, 0.1) is 11.3 Å². The molecule has 0 amide bonds. The van der Waals surface area contributed by atoms with Crippen molar-refractivity contribution < 1.29 is 14.6 Å². The summed E-state index contributed by atoms with van der Waals surface area (Å²) in [6.07, 6.45) is 0.590. The molecule has 0 saturated heterocycles. The number of benzene rings is 1. The number of carboxylic acids is 1. The van der Waals surface area contributed by atoms with Gasteiger partial charge in [0.15, 0.2) is 0 Å². The van der Waals surface area contributed by atoms with Crippen LogP contribution in [-0.4, -0.2) is 17.7 Å². The van der Waals surface area contributed by atoms with Gasteiger partial charge in [-0.3, -0.25) is 4.79 Å². The molecule has 0 fully saturated rings. The predicted octanol–water partition coefficient (Wildman–Crippen LogP) is 3.96. The number of para-hydroxylation sites is 1. The summed E-state index contributed by atoms with van der Waals surface area (Å²) in [4.78, 5) is 11.2. The summed E-state index contributed by atoms with van der Waals surface area (Å²) in [6, 6.07) is 7.44. The molecule has 0 radical (unpaired) electrons. The van der Waals surface area contributed by atoms with Gasteiger partial charge >= 0.3 is 5.97 Å². The van der Waals surface area contributed by atoms with Crippen molar-refractivity contribution in [2.24, 2.45) is 11.3 Å². The van der Waals surface area contributed by atoms with E-state index in [1.807, 2.05) is 45.0 Å². The zero-order chi connectivity index (χ0) is 13.8. The smallest absolute Gasteiger partial charge is 0.309 e. The maximum Gasteiger partial charge on any atom is 0.309 e. The van der Waals surface area contributed by atoms with E-state index in [4.69, 9.17) is 4.74 Å². The average Bonchev–Trinajstić information content (AvgIpc) is 2.24. The summed E-state index contributed by atoms with van der Waals surface area (Å²) in [5, 5.41) is 9.19. The second kappa shape index (κ2) is 6.23. The second-order valence-electron chi connectivity index (χ2n) is 5.54. The molecular weight excluding hydrogens is 296 g/mol. The third-order valence-electron chi connectivity index (χ3n) is 2.48. The van der Waals surface area contributed by atoms with Crippen molar-refractivity contribution in [2.75, 3.05) is 6.61 Å². The van der Waals surface area contributed by atoms with Gasteiger partial charge in [-0.25, -0.2) is 0 Å². The van der Waals surface area contributed by atoms with Gasteiger partial charge in [0.1, 0.15) is 12.4 Å². The monoisotopic (exact) mass is 314 g/mol. The molecule has 1 atom stereocenters. The molecule has 0 saturated carbocycles. The van der Waals surface area contributed by atoms with Crippen LogP contribution in [0.15, 0.2) is 28.7 Å². The summed E-state index contributed by atoms with van der Waals surface area (Å²) < 4.78 is 6.42. The van der Waals surface area contributed by atoms with Crippen LogP contribution < -0.4 is 4.74 Å². The Bertz CT molecular complexity index is 410. The Balaban J connectivity index is 2.64. The lowest BCUT2D eigenvalue weighted by atomic mass is 9.85. The maximum atomic E-state index is 11.2. The van der Waals surface area contributed by atoms with Gasteiger partial charge < -0.3 is 9.84 Å². The molecule has 0 aliphatic heterocycles. The van der Waals surface area contributed by atoms with E-state index < -0.39 is 11.9 Å². The largest absolute Gasteiger partial charge is 0.492 e. The van der Waals surface area contributed by atoms with Crippen LogP contribution in [0.4, 0.5) is 0 Å². The van der Waals surface area contributed by atoms with Crippen molar-refractivity contribution in [3.8, 4) is 5.75 Å². The van der Waals surface area contributed by atoms with E-state index in [1.54, 1.807) is 0 Å². The summed E-state index contributed by atoms with van der Waals surface area (Å²) in [7, 11) is 0. The quantitative estimate of drug-likeness (QED) is 0.894. The van der Waals surface area contributed by atoms with Crippen LogP contribution in [0.1, 0.15) is 27.2 Å². The Morgan fingerprint density at radius 1 is 1.39 bits per heavy atom. The molecule has 0 heterocycles. The molecule has 4 heteroatoms. The van der Waals surface area contributed by atoms with E-state index in [9.17, 15) is 9.90 Å². The highest BCUT2D eigenvalue weighted by Gasteiger charge is 2.25. The number of carbonyl (C=O) groups is 1. The van der Waals surface area contributed by atoms with Gasteiger partial charge in [0.25, 0.3) is 0 Å². The molecule has 0 aliphatic carbocycles. The lowest BCUT2D eigenvalue weighted by molar-refractivity contribution is -0.143. The average molecular weight is 315 g/mol. The molecule has 0 bridgehead atoms. The van der Waals surface area contributed by atoms with Crippen LogP contribution in [0.25, 0.3) is 0 Å². The summed E-state index contributed by atoms with van der Waals surface area (Å²) in [6.45, 7) is 6.28. The SMILES string of the molecule is CC(C)(C)CC(COc1ccccc1Br)C(=O)O. The second-order valence-corrected chi connectivity index (χ2v) is 6.40. The fraction of sp³-hybridized carbons (Fsp3) is 0.500. The van der Waals surface area contributed by atoms with E-state index in [1.165, 1.54) is 0 Å². The molecule has 1 aromatic carbocycles. The molecule has 1 rings (SSSR count). The summed E-state index contributed by atoms with van der Waals surface area (Å²) in [5.41, 5.74) is -0.0274. The lowest BCUT2D eigenvalue weighted by Gasteiger charge is -2.23. The Hall–Kier alpha value is -1.03. The van der Waals surface area contributed by atoms with Crippen molar-refractivity contribution in [3.63, 3.8) is 0 Å². The van der Waals surface area contributed by atoms with Crippen molar-refractivity contribution in [3.05, 3.63) is 28.7 Å². The normalized spacial score (nSPS) is 13.1. The highest BCUT2D eigenvalue weighted by atomic mass is 79.9. The first kappa shape index (κ1) is 15.0. The van der Waals surface area contributed by atoms with Gasteiger partial charge in [-0.1, -0.05) is 32.9 Å². The molecule has 0 aromatic heterocycles. The minimum Gasteiger partial charge on any atom is -0.492 e. The highest BCUT2D eigenvalue weighted by molar-refractivity contribution is 9.10. The molecular formula is C14H19BrO3. The zero-order valence-corrected chi connectivity index (χ0v) is 12.5. The van der Waals surface area contributed by atoms with E-state index in [0.717, 1.165) is 4.47 Å². The van der Waals surface area contributed by atoms with Crippen molar-refractivity contribution in [1.29, 1.82) is 0 Å².